The molecule has 1 N–H and O–H groups in total. The Labute approximate surface area is 190 Å². The van der Waals surface area contributed by atoms with E-state index in [0.717, 1.165) is 55.1 Å². The van der Waals surface area contributed by atoms with Crippen molar-refractivity contribution >= 4 is 0 Å². The smallest absolute Gasteiger partial charge is 0.227 e. The molecule has 3 aromatic rings. The van der Waals surface area contributed by atoms with Gasteiger partial charge in [0.15, 0.2) is 0 Å². The molecule has 0 amide bonds. The predicted molar refractivity (Wildman–Crippen MR) is 125 cm³/mol. The lowest BCUT2D eigenvalue weighted by Gasteiger charge is -2.27. The van der Waals surface area contributed by atoms with Crippen molar-refractivity contribution in [2.75, 3.05) is 19.7 Å². The standard InChI is InChI=1S/C26H33N3O3/c1-3-22(30)17-28(18-24-15-10-16-31-24)19-25-20(2)27-29(21-11-6-4-7-12-21)26(25)32-23-13-8-5-9-14-23/h4-9,11-14,22,24,30H,3,10,15-19H2,1-2H3/t22-,24+/m0/s1. The highest BCUT2D eigenvalue weighted by Crippen LogP contribution is 2.32. The fourth-order valence-electron chi connectivity index (χ4n) is 4.10. The fraction of sp³-hybridized carbons (Fsp3) is 0.423. The number of aliphatic hydroxyl groups is 1. The van der Waals surface area contributed by atoms with Crippen LogP contribution in [0.4, 0.5) is 0 Å². The topological polar surface area (TPSA) is 59.8 Å². The maximum atomic E-state index is 10.4. The first kappa shape index (κ1) is 22.5. The number of nitrogens with zero attached hydrogens (tertiary/aromatic N) is 3. The van der Waals surface area contributed by atoms with Crippen LogP contribution in [0, 0.1) is 6.92 Å². The Bertz CT molecular complexity index is 969. The average molecular weight is 436 g/mol. The number of para-hydroxylation sites is 2. The van der Waals surface area contributed by atoms with Crippen LogP contribution in [-0.2, 0) is 11.3 Å². The average Bonchev–Trinajstić information content (AvgIpc) is 3.44. The van der Waals surface area contributed by atoms with E-state index >= 15 is 0 Å². The Hall–Kier alpha value is -2.67. The minimum atomic E-state index is -0.376. The van der Waals surface area contributed by atoms with Crippen LogP contribution in [-0.4, -0.2) is 51.7 Å². The summed E-state index contributed by atoms with van der Waals surface area (Å²) in [5.74, 6) is 1.48. The third-order valence-corrected chi connectivity index (χ3v) is 5.90. The highest BCUT2D eigenvalue weighted by atomic mass is 16.5. The number of aliphatic hydroxyl groups excluding tert-OH is 1. The second-order valence-corrected chi connectivity index (χ2v) is 8.42. The van der Waals surface area contributed by atoms with E-state index in [-0.39, 0.29) is 12.2 Å². The van der Waals surface area contributed by atoms with Gasteiger partial charge in [0.1, 0.15) is 5.75 Å². The van der Waals surface area contributed by atoms with Crippen LogP contribution >= 0.6 is 0 Å². The van der Waals surface area contributed by atoms with E-state index in [2.05, 4.69) is 4.90 Å². The fourth-order valence-corrected chi connectivity index (χ4v) is 4.10. The number of benzene rings is 2. The molecule has 1 aromatic heterocycles. The number of aryl methyl sites for hydroxylation is 1. The molecule has 1 aliphatic heterocycles. The van der Waals surface area contributed by atoms with Crippen molar-refractivity contribution in [1.29, 1.82) is 0 Å². The van der Waals surface area contributed by atoms with E-state index in [9.17, 15) is 5.11 Å². The molecule has 1 fully saturated rings. The van der Waals surface area contributed by atoms with Crippen molar-refractivity contribution in [2.45, 2.75) is 51.9 Å². The Morgan fingerprint density at radius 2 is 1.88 bits per heavy atom. The van der Waals surface area contributed by atoms with Crippen molar-refractivity contribution < 1.29 is 14.6 Å². The van der Waals surface area contributed by atoms with Gasteiger partial charge < -0.3 is 14.6 Å². The van der Waals surface area contributed by atoms with Gasteiger partial charge in [0, 0.05) is 26.2 Å². The quantitative estimate of drug-likeness (QED) is 0.499. The molecule has 170 valence electrons. The largest absolute Gasteiger partial charge is 0.439 e. The molecule has 1 aliphatic rings. The summed E-state index contributed by atoms with van der Waals surface area (Å²) in [5, 5.41) is 15.2. The molecule has 6 heteroatoms. The minimum absolute atomic E-state index is 0.210. The number of hydrogen-bond donors (Lipinski definition) is 1. The molecular formula is C26H33N3O3. The van der Waals surface area contributed by atoms with E-state index in [1.165, 1.54) is 0 Å². The predicted octanol–water partition coefficient (Wildman–Crippen LogP) is 4.72. The van der Waals surface area contributed by atoms with Gasteiger partial charge in [0.05, 0.1) is 29.2 Å². The van der Waals surface area contributed by atoms with Crippen LogP contribution < -0.4 is 4.74 Å². The Balaban J connectivity index is 1.68. The van der Waals surface area contributed by atoms with E-state index in [1.54, 1.807) is 0 Å². The van der Waals surface area contributed by atoms with Gasteiger partial charge in [-0.2, -0.15) is 5.10 Å². The first-order valence-electron chi connectivity index (χ1n) is 11.5. The van der Waals surface area contributed by atoms with Crippen LogP contribution in [0.1, 0.15) is 37.4 Å². The highest BCUT2D eigenvalue weighted by molar-refractivity contribution is 5.43. The molecule has 0 unspecified atom stereocenters. The molecule has 2 heterocycles. The van der Waals surface area contributed by atoms with E-state index in [0.29, 0.717) is 19.0 Å². The number of aromatic nitrogens is 2. The summed E-state index contributed by atoms with van der Waals surface area (Å²) in [6, 6.07) is 19.9. The first-order valence-corrected chi connectivity index (χ1v) is 11.5. The zero-order valence-electron chi connectivity index (χ0n) is 19.0. The number of ether oxygens (including phenoxy) is 2. The van der Waals surface area contributed by atoms with Crippen molar-refractivity contribution in [3.8, 4) is 17.3 Å². The van der Waals surface area contributed by atoms with Crippen LogP contribution in [0.25, 0.3) is 5.69 Å². The maximum absolute atomic E-state index is 10.4. The van der Waals surface area contributed by atoms with Crippen molar-refractivity contribution in [3.05, 3.63) is 71.9 Å². The second kappa shape index (κ2) is 10.8. The molecular weight excluding hydrogens is 402 g/mol. The summed E-state index contributed by atoms with van der Waals surface area (Å²) in [6.07, 6.45) is 2.72. The van der Waals surface area contributed by atoms with Gasteiger partial charge in [-0.05, 0) is 50.5 Å². The Morgan fingerprint density at radius 1 is 1.16 bits per heavy atom. The molecule has 2 aromatic carbocycles. The molecule has 1 saturated heterocycles. The Kier molecular flexibility index (Phi) is 7.58. The van der Waals surface area contributed by atoms with E-state index in [4.69, 9.17) is 14.6 Å². The molecule has 32 heavy (non-hydrogen) atoms. The van der Waals surface area contributed by atoms with E-state index < -0.39 is 0 Å². The summed E-state index contributed by atoms with van der Waals surface area (Å²) in [5.41, 5.74) is 2.90. The molecule has 0 saturated carbocycles. The summed E-state index contributed by atoms with van der Waals surface area (Å²) >= 11 is 0. The molecule has 0 radical (unpaired) electrons. The third kappa shape index (κ3) is 5.57. The summed E-state index contributed by atoms with van der Waals surface area (Å²) in [4.78, 5) is 2.28. The van der Waals surface area contributed by atoms with Crippen molar-refractivity contribution in [3.63, 3.8) is 0 Å². The molecule has 2 atom stereocenters. The van der Waals surface area contributed by atoms with Gasteiger partial charge in [0.2, 0.25) is 5.88 Å². The lowest BCUT2D eigenvalue weighted by Crippen LogP contribution is -2.37. The first-order chi connectivity index (χ1) is 15.6. The summed E-state index contributed by atoms with van der Waals surface area (Å²) < 4.78 is 14.2. The Morgan fingerprint density at radius 3 is 2.53 bits per heavy atom. The molecule has 0 aliphatic carbocycles. The monoisotopic (exact) mass is 435 g/mol. The molecule has 0 spiro atoms. The third-order valence-electron chi connectivity index (χ3n) is 5.90. The number of hydrogen-bond acceptors (Lipinski definition) is 5. The zero-order chi connectivity index (χ0) is 22.3. The van der Waals surface area contributed by atoms with Gasteiger partial charge in [0.25, 0.3) is 0 Å². The van der Waals surface area contributed by atoms with Crippen LogP contribution in [0.3, 0.4) is 0 Å². The van der Waals surface area contributed by atoms with E-state index in [1.807, 2.05) is 79.2 Å². The molecule has 4 rings (SSSR count). The van der Waals surface area contributed by atoms with Crippen LogP contribution in [0.5, 0.6) is 11.6 Å². The lowest BCUT2D eigenvalue weighted by molar-refractivity contribution is 0.0451. The highest BCUT2D eigenvalue weighted by Gasteiger charge is 2.25. The van der Waals surface area contributed by atoms with Crippen molar-refractivity contribution in [1.82, 2.24) is 14.7 Å². The maximum Gasteiger partial charge on any atom is 0.227 e. The number of rotatable bonds is 10. The van der Waals surface area contributed by atoms with Gasteiger partial charge in [-0.15, -0.1) is 0 Å². The van der Waals surface area contributed by atoms with Crippen LogP contribution in [0.2, 0.25) is 0 Å². The molecule has 6 nitrogen and oxygen atoms in total. The zero-order valence-corrected chi connectivity index (χ0v) is 19.0. The van der Waals surface area contributed by atoms with Gasteiger partial charge in [-0.1, -0.05) is 43.3 Å². The van der Waals surface area contributed by atoms with Crippen LogP contribution in [0.15, 0.2) is 60.7 Å². The second-order valence-electron chi connectivity index (χ2n) is 8.42. The minimum Gasteiger partial charge on any atom is -0.439 e. The van der Waals surface area contributed by atoms with Gasteiger partial charge >= 0.3 is 0 Å². The van der Waals surface area contributed by atoms with Gasteiger partial charge in [-0.3, -0.25) is 4.90 Å². The van der Waals surface area contributed by atoms with Crippen molar-refractivity contribution in [2.24, 2.45) is 0 Å². The van der Waals surface area contributed by atoms with Gasteiger partial charge in [-0.25, -0.2) is 4.68 Å². The summed E-state index contributed by atoms with van der Waals surface area (Å²) in [6.45, 7) is 6.87. The molecule has 0 bridgehead atoms. The normalized spacial score (nSPS) is 17.1. The summed E-state index contributed by atoms with van der Waals surface area (Å²) in [7, 11) is 0. The SMILES string of the molecule is CC[C@H](O)CN(Cc1c(C)nn(-c2ccccc2)c1Oc1ccccc1)C[C@H]1CCCO1. The lowest BCUT2D eigenvalue weighted by atomic mass is 10.1.